The van der Waals surface area contributed by atoms with E-state index in [0.717, 1.165) is 23.1 Å². The Morgan fingerprint density at radius 2 is 2.04 bits per heavy atom. The summed E-state index contributed by atoms with van der Waals surface area (Å²) < 4.78 is 4.99. The van der Waals surface area contributed by atoms with Gasteiger partial charge in [-0.3, -0.25) is 0 Å². The molecule has 0 atom stereocenters. The Bertz CT molecular complexity index is 803. The normalized spacial score (nSPS) is 10.3. The molecule has 0 aromatic heterocycles. The number of thiocarbonyl (C=S) groups is 1. The number of rotatable bonds is 8. The number of carbonyl (C=O) groups is 1. The molecule has 8 heteroatoms. The molecule has 0 aliphatic heterocycles. The Labute approximate surface area is 179 Å². The molecule has 0 heterocycles. The van der Waals surface area contributed by atoms with Gasteiger partial charge in [-0.2, -0.15) is 11.8 Å². The van der Waals surface area contributed by atoms with Crippen molar-refractivity contribution in [1.82, 2.24) is 5.32 Å². The Kier molecular flexibility index (Phi) is 9.21. The number of ether oxygens (including phenoxy) is 1. The fraction of sp³-hybridized carbons (Fsp3) is 0.263. The van der Waals surface area contributed by atoms with Crippen LogP contribution in [0.25, 0.3) is 0 Å². The molecule has 144 valence electrons. The van der Waals surface area contributed by atoms with Crippen LogP contribution in [0.2, 0.25) is 10.0 Å². The number of carbonyl (C=O) groups excluding carboxylic acids is 1. The van der Waals surface area contributed by atoms with Crippen LogP contribution in [0, 0.1) is 0 Å². The Morgan fingerprint density at radius 3 is 2.78 bits per heavy atom. The largest absolute Gasteiger partial charge is 0.462 e. The number of nitrogens with one attached hydrogen (secondary N) is 2. The molecule has 2 N–H and O–H groups in total. The fourth-order valence-electron chi connectivity index (χ4n) is 2.20. The molecule has 0 fully saturated rings. The molecule has 2 rings (SSSR count). The lowest BCUT2D eigenvalue weighted by Gasteiger charge is -2.12. The highest BCUT2D eigenvalue weighted by Crippen LogP contribution is 2.21. The standard InChI is InChI=1S/C19H20Cl2N2O2S2/c1-2-25-18(24)16-11-15(6-7-17(16)21)23-19(26)22-8-9-27-12-13-4-3-5-14(20)10-13/h3-7,10-11H,2,8-9,12H2,1H3,(H2,22,23,26). The van der Waals surface area contributed by atoms with Crippen molar-refractivity contribution < 1.29 is 9.53 Å². The zero-order chi connectivity index (χ0) is 19.6. The number of hydrogen-bond donors (Lipinski definition) is 2. The molecule has 27 heavy (non-hydrogen) atoms. The van der Waals surface area contributed by atoms with E-state index >= 15 is 0 Å². The quantitative estimate of drug-likeness (QED) is 0.324. The molecule has 0 aliphatic rings. The molecule has 4 nitrogen and oxygen atoms in total. The van der Waals surface area contributed by atoms with E-state index in [9.17, 15) is 4.79 Å². The number of benzene rings is 2. The topological polar surface area (TPSA) is 50.4 Å². The van der Waals surface area contributed by atoms with Crippen LogP contribution in [-0.4, -0.2) is 30.0 Å². The lowest BCUT2D eigenvalue weighted by atomic mass is 10.2. The molecule has 2 aromatic carbocycles. The summed E-state index contributed by atoms with van der Waals surface area (Å²) in [6, 6.07) is 12.9. The number of esters is 1. The van der Waals surface area contributed by atoms with Crippen LogP contribution >= 0.6 is 47.2 Å². The molecule has 0 amide bonds. The first kappa shape index (κ1) is 21.8. The van der Waals surface area contributed by atoms with Gasteiger partial charge in [-0.15, -0.1) is 0 Å². The van der Waals surface area contributed by atoms with Gasteiger partial charge in [0.05, 0.1) is 17.2 Å². The van der Waals surface area contributed by atoms with Crippen LogP contribution in [0.5, 0.6) is 0 Å². The minimum Gasteiger partial charge on any atom is -0.462 e. The molecule has 0 aliphatic carbocycles. The maximum absolute atomic E-state index is 11.9. The summed E-state index contributed by atoms with van der Waals surface area (Å²) in [5.74, 6) is 1.33. The second-order valence-corrected chi connectivity index (χ2v) is 7.84. The van der Waals surface area contributed by atoms with Crippen molar-refractivity contribution in [3.8, 4) is 0 Å². The predicted molar refractivity (Wildman–Crippen MR) is 119 cm³/mol. The zero-order valence-corrected chi connectivity index (χ0v) is 17.9. The first-order chi connectivity index (χ1) is 13.0. The lowest BCUT2D eigenvalue weighted by molar-refractivity contribution is 0.0526. The van der Waals surface area contributed by atoms with Crippen LogP contribution in [0.3, 0.4) is 0 Å². The summed E-state index contributed by atoms with van der Waals surface area (Å²) in [6.07, 6.45) is 0. The first-order valence-corrected chi connectivity index (χ1v) is 10.6. The van der Waals surface area contributed by atoms with Crippen molar-refractivity contribution >= 4 is 64.0 Å². The summed E-state index contributed by atoms with van der Waals surface area (Å²) in [5, 5.41) is 7.77. The third-order valence-electron chi connectivity index (χ3n) is 3.41. The van der Waals surface area contributed by atoms with Gasteiger partial charge in [0.15, 0.2) is 5.11 Å². The molecular weight excluding hydrogens is 423 g/mol. The van der Waals surface area contributed by atoms with Crippen molar-refractivity contribution in [2.75, 3.05) is 24.2 Å². The molecule has 0 radical (unpaired) electrons. The average Bonchev–Trinajstić information content (AvgIpc) is 2.63. The van der Waals surface area contributed by atoms with Gasteiger partial charge in [0.25, 0.3) is 0 Å². The van der Waals surface area contributed by atoms with E-state index in [1.165, 1.54) is 5.56 Å². The number of anilines is 1. The number of hydrogen-bond acceptors (Lipinski definition) is 4. The maximum Gasteiger partial charge on any atom is 0.339 e. The molecule has 0 saturated carbocycles. The van der Waals surface area contributed by atoms with E-state index in [2.05, 4.69) is 16.7 Å². The second kappa shape index (κ2) is 11.4. The highest BCUT2D eigenvalue weighted by molar-refractivity contribution is 7.98. The molecular formula is C19H20Cl2N2O2S2. The van der Waals surface area contributed by atoms with E-state index in [0.29, 0.717) is 28.0 Å². The Hall–Kier alpha value is -1.47. The third-order valence-corrected chi connectivity index (χ3v) is 5.25. The van der Waals surface area contributed by atoms with Crippen LogP contribution < -0.4 is 10.6 Å². The zero-order valence-electron chi connectivity index (χ0n) is 14.8. The van der Waals surface area contributed by atoms with E-state index in [4.69, 9.17) is 40.2 Å². The summed E-state index contributed by atoms with van der Waals surface area (Å²) >= 11 is 19.1. The Balaban J connectivity index is 1.75. The van der Waals surface area contributed by atoms with E-state index in [1.54, 1.807) is 36.9 Å². The highest BCUT2D eigenvalue weighted by Gasteiger charge is 2.12. The van der Waals surface area contributed by atoms with E-state index < -0.39 is 5.97 Å². The second-order valence-electron chi connectivity index (χ2n) is 5.48. The van der Waals surface area contributed by atoms with Crippen LogP contribution in [0.1, 0.15) is 22.8 Å². The van der Waals surface area contributed by atoms with Crippen molar-refractivity contribution in [3.63, 3.8) is 0 Å². The predicted octanol–water partition coefficient (Wildman–Crippen LogP) is 5.39. The average molecular weight is 443 g/mol. The van der Waals surface area contributed by atoms with Crippen LogP contribution in [0.15, 0.2) is 42.5 Å². The van der Waals surface area contributed by atoms with Crippen molar-refractivity contribution in [3.05, 3.63) is 63.6 Å². The monoisotopic (exact) mass is 442 g/mol. The SMILES string of the molecule is CCOC(=O)c1cc(NC(=S)NCCSCc2cccc(Cl)c2)ccc1Cl. The summed E-state index contributed by atoms with van der Waals surface area (Å²) in [6.45, 7) is 2.76. The molecule has 0 saturated heterocycles. The number of thioether (sulfide) groups is 1. The van der Waals surface area contributed by atoms with Gasteiger partial charge in [0, 0.05) is 28.8 Å². The molecule has 0 bridgehead atoms. The summed E-state index contributed by atoms with van der Waals surface area (Å²) in [7, 11) is 0. The van der Waals surface area contributed by atoms with Gasteiger partial charge in [0.1, 0.15) is 0 Å². The minimum atomic E-state index is -0.456. The van der Waals surface area contributed by atoms with Gasteiger partial charge < -0.3 is 15.4 Å². The van der Waals surface area contributed by atoms with E-state index in [-0.39, 0.29) is 0 Å². The molecule has 0 unspecified atom stereocenters. The smallest absolute Gasteiger partial charge is 0.339 e. The third kappa shape index (κ3) is 7.58. The van der Waals surface area contributed by atoms with Crippen molar-refractivity contribution in [1.29, 1.82) is 0 Å². The summed E-state index contributed by atoms with van der Waals surface area (Å²) in [5.41, 5.74) is 2.18. The van der Waals surface area contributed by atoms with E-state index in [1.807, 2.05) is 18.2 Å². The minimum absolute atomic E-state index is 0.291. The first-order valence-electron chi connectivity index (χ1n) is 8.33. The molecule has 0 spiro atoms. The number of halogens is 2. The van der Waals surface area contributed by atoms with Crippen molar-refractivity contribution in [2.45, 2.75) is 12.7 Å². The van der Waals surface area contributed by atoms with Gasteiger partial charge in [-0.05, 0) is 55.0 Å². The van der Waals surface area contributed by atoms with Crippen LogP contribution in [-0.2, 0) is 10.5 Å². The summed E-state index contributed by atoms with van der Waals surface area (Å²) in [4.78, 5) is 11.9. The lowest BCUT2D eigenvalue weighted by Crippen LogP contribution is -2.30. The fourth-order valence-corrected chi connectivity index (χ4v) is 3.63. The van der Waals surface area contributed by atoms with Crippen molar-refractivity contribution in [2.24, 2.45) is 0 Å². The van der Waals surface area contributed by atoms with Gasteiger partial charge in [-0.1, -0.05) is 35.3 Å². The maximum atomic E-state index is 11.9. The van der Waals surface area contributed by atoms with Gasteiger partial charge >= 0.3 is 5.97 Å². The Morgan fingerprint density at radius 1 is 1.22 bits per heavy atom. The highest BCUT2D eigenvalue weighted by atomic mass is 35.5. The van der Waals surface area contributed by atoms with Gasteiger partial charge in [0.2, 0.25) is 0 Å². The van der Waals surface area contributed by atoms with Crippen LogP contribution in [0.4, 0.5) is 5.69 Å². The molecule has 2 aromatic rings. The van der Waals surface area contributed by atoms with Gasteiger partial charge in [-0.25, -0.2) is 4.79 Å².